The van der Waals surface area contributed by atoms with E-state index < -0.39 is 4.92 Å². The number of benzene rings is 1. The Balaban J connectivity index is 1.71. The normalized spacial score (nSPS) is 12.6. The maximum absolute atomic E-state index is 10.7. The van der Waals surface area contributed by atoms with Gasteiger partial charge in [0.05, 0.1) is 24.7 Å². The molecule has 0 saturated heterocycles. The highest BCUT2D eigenvalue weighted by atomic mass is 16.6. The molecule has 0 amide bonds. The predicted octanol–water partition coefficient (Wildman–Crippen LogP) is 2.20. The summed E-state index contributed by atoms with van der Waals surface area (Å²) in [4.78, 5) is 14.8. The van der Waals surface area contributed by atoms with Gasteiger partial charge in [-0.1, -0.05) is 37.3 Å². The summed E-state index contributed by atoms with van der Waals surface area (Å²) in [6.07, 6.45) is 2.66. The van der Waals surface area contributed by atoms with Gasteiger partial charge in [0.2, 0.25) is 0 Å². The maximum atomic E-state index is 10.7. The van der Waals surface area contributed by atoms with Crippen LogP contribution in [0.5, 0.6) is 0 Å². The van der Waals surface area contributed by atoms with Crippen LogP contribution >= 0.6 is 0 Å². The molecule has 2 aromatic rings. The molecule has 0 radical (unpaired) electrons. The molecule has 1 atom stereocenters. The minimum atomic E-state index is -0.455. The third-order valence-corrected chi connectivity index (χ3v) is 3.88. The van der Waals surface area contributed by atoms with E-state index in [2.05, 4.69) is 27.6 Å². The topological polar surface area (TPSA) is 107 Å². The van der Waals surface area contributed by atoms with E-state index in [-0.39, 0.29) is 11.6 Å². The fourth-order valence-corrected chi connectivity index (χ4v) is 2.45. The van der Waals surface area contributed by atoms with Crippen molar-refractivity contribution in [2.45, 2.75) is 27.0 Å². The Labute approximate surface area is 165 Å². The first kappa shape index (κ1) is 21.4. The monoisotopic (exact) mass is 388 g/mol. The number of nitro groups is 1. The summed E-state index contributed by atoms with van der Waals surface area (Å²) in [6.45, 7) is 7.78. The van der Waals surface area contributed by atoms with Crippen molar-refractivity contribution in [2.24, 2.45) is 10.9 Å². The molecule has 152 valence electrons. The van der Waals surface area contributed by atoms with Crippen LogP contribution in [-0.2, 0) is 17.9 Å². The molecule has 0 fully saturated rings. The van der Waals surface area contributed by atoms with Gasteiger partial charge in [-0.15, -0.1) is 0 Å². The predicted molar refractivity (Wildman–Crippen MR) is 108 cm³/mol. The minimum Gasteiger partial charge on any atom is -0.376 e. The van der Waals surface area contributed by atoms with Crippen LogP contribution in [0, 0.1) is 16.0 Å². The van der Waals surface area contributed by atoms with Gasteiger partial charge in [-0.05, 0) is 18.4 Å². The molecule has 2 N–H and O–H groups in total. The molecule has 1 aromatic carbocycles. The number of rotatable bonds is 11. The Bertz CT molecular complexity index is 747. The third kappa shape index (κ3) is 7.75. The van der Waals surface area contributed by atoms with E-state index in [4.69, 9.17) is 4.74 Å². The summed E-state index contributed by atoms with van der Waals surface area (Å²) >= 11 is 0. The first-order chi connectivity index (χ1) is 13.6. The lowest BCUT2D eigenvalue weighted by atomic mass is 10.2. The summed E-state index contributed by atoms with van der Waals surface area (Å²) in [5.41, 5.74) is 1.15. The summed E-state index contributed by atoms with van der Waals surface area (Å²) < 4.78 is 7.29. The fraction of sp³-hybridized carbons (Fsp3) is 0.474. The second-order valence-electron chi connectivity index (χ2n) is 6.47. The molecular weight excluding hydrogens is 360 g/mol. The molecule has 0 spiro atoms. The van der Waals surface area contributed by atoms with Gasteiger partial charge in [-0.25, -0.2) is 0 Å². The number of nitrogens with one attached hydrogen (secondary N) is 2. The van der Waals surface area contributed by atoms with Crippen molar-refractivity contribution in [3.63, 3.8) is 0 Å². The minimum absolute atomic E-state index is 0.00935. The van der Waals surface area contributed by atoms with E-state index >= 15 is 0 Å². The highest BCUT2D eigenvalue weighted by molar-refractivity contribution is 5.79. The van der Waals surface area contributed by atoms with Crippen molar-refractivity contribution >= 4 is 11.6 Å². The van der Waals surface area contributed by atoms with Crippen molar-refractivity contribution in [1.82, 2.24) is 20.4 Å². The molecule has 0 aliphatic heterocycles. The van der Waals surface area contributed by atoms with Crippen molar-refractivity contribution in [1.29, 1.82) is 0 Å². The lowest BCUT2D eigenvalue weighted by Crippen LogP contribution is -2.39. The number of aliphatic imine (C=N–C) groups is 1. The Morgan fingerprint density at radius 2 is 2.14 bits per heavy atom. The van der Waals surface area contributed by atoms with Gasteiger partial charge in [-0.2, -0.15) is 5.10 Å². The number of hydrogen-bond donors (Lipinski definition) is 2. The lowest BCUT2D eigenvalue weighted by Gasteiger charge is -2.14. The Morgan fingerprint density at radius 3 is 2.82 bits per heavy atom. The standard InChI is InChI=1S/C19H28N6O3/c1-3-20-19(21-9-10-24-13-18(12-23-24)25(26)27)22-11-16(2)14-28-15-17-7-5-4-6-8-17/h4-8,12-13,16H,3,9-11,14-15H2,1-2H3,(H2,20,21,22). The molecule has 0 aliphatic rings. The molecule has 9 nitrogen and oxygen atoms in total. The van der Waals surface area contributed by atoms with Crippen LogP contribution < -0.4 is 10.6 Å². The zero-order valence-corrected chi connectivity index (χ0v) is 16.4. The van der Waals surface area contributed by atoms with E-state index in [1.54, 1.807) is 0 Å². The first-order valence-corrected chi connectivity index (χ1v) is 9.39. The Hall–Kier alpha value is -2.94. The molecule has 1 unspecified atom stereocenters. The van der Waals surface area contributed by atoms with Crippen molar-refractivity contribution < 1.29 is 9.66 Å². The van der Waals surface area contributed by atoms with Crippen molar-refractivity contribution in [3.8, 4) is 0 Å². The Kier molecular flexibility index (Phi) is 8.93. The van der Waals surface area contributed by atoms with Gasteiger partial charge >= 0.3 is 5.69 Å². The van der Waals surface area contributed by atoms with Gasteiger partial charge < -0.3 is 15.4 Å². The van der Waals surface area contributed by atoms with Crippen LogP contribution in [0.25, 0.3) is 0 Å². The highest BCUT2D eigenvalue weighted by Crippen LogP contribution is 2.07. The molecule has 0 bridgehead atoms. The largest absolute Gasteiger partial charge is 0.376 e. The van der Waals surface area contributed by atoms with Crippen LogP contribution in [0.15, 0.2) is 47.7 Å². The summed E-state index contributed by atoms with van der Waals surface area (Å²) in [5, 5.41) is 21.1. The number of aromatic nitrogens is 2. The molecule has 0 aliphatic carbocycles. The Morgan fingerprint density at radius 1 is 1.36 bits per heavy atom. The molecule has 2 rings (SSSR count). The van der Waals surface area contributed by atoms with Crippen LogP contribution in [0.1, 0.15) is 19.4 Å². The quantitative estimate of drug-likeness (QED) is 0.264. The van der Waals surface area contributed by atoms with Crippen LogP contribution in [0.3, 0.4) is 0 Å². The lowest BCUT2D eigenvalue weighted by molar-refractivity contribution is -0.385. The first-order valence-electron chi connectivity index (χ1n) is 9.39. The van der Waals surface area contributed by atoms with E-state index in [1.807, 2.05) is 37.3 Å². The zero-order valence-electron chi connectivity index (χ0n) is 16.4. The number of hydrogen-bond acceptors (Lipinski definition) is 5. The van der Waals surface area contributed by atoms with Gasteiger partial charge in [-0.3, -0.25) is 19.8 Å². The molecule has 9 heteroatoms. The second kappa shape index (κ2) is 11.7. The number of nitrogens with zero attached hydrogens (tertiary/aromatic N) is 4. The average molecular weight is 388 g/mol. The van der Waals surface area contributed by atoms with E-state index in [0.717, 1.165) is 12.1 Å². The number of guanidine groups is 1. The van der Waals surface area contributed by atoms with E-state index in [0.29, 0.717) is 38.8 Å². The van der Waals surface area contributed by atoms with Crippen molar-refractivity contribution in [2.75, 3.05) is 26.2 Å². The SMILES string of the molecule is CCNC(=NCC(C)COCc1ccccc1)NCCn1cc([N+](=O)[O-])cn1. The van der Waals surface area contributed by atoms with Gasteiger partial charge in [0.15, 0.2) is 5.96 Å². The van der Waals surface area contributed by atoms with Gasteiger partial charge in [0, 0.05) is 19.6 Å². The second-order valence-corrected chi connectivity index (χ2v) is 6.47. The summed E-state index contributed by atoms with van der Waals surface area (Å²) in [5.74, 6) is 0.993. The molecule has 1 heterocycles. The molecule has 0 saturated carbocycles. The summed E-state index contributed by atoms with van der Waals surface area (Å²) in [6, 6.07) is 10.1. The average Bonchev–Trinajstić information content (AvgIpc) is 3.16. The van der Waals surface area contributed by atoms with E-state index in [1.165, 1.54) is 17.1 Å². The molecule has 28 heavy (non-hydrogen) atoms. The maximum Gasteiger partial charge on any atom is 0.306 e. The van der Waals surface area contributed by atoms with Gasteiger partial charge in [0.25, 0.3) is 0 Å². The van der Waals surface area contributed by atoms with Gasteiger partial charge in [0.1, 0.15) is 12.4 Å². The van der Waals surface area contributed by atoms with E-state index in [9.17, 15) is 10.1 Å². The van der Waals surface area contributed by atoms with Crippen LogP contribution in [-0.4, -0.2) is 46.9 Å². The number of ether oxygens (including phenoxy) is 1. The fourth-order valence-electron chi connectivity index (χ4n) is 2.45. The third-order valence-electron chi connectivity index (χ3n) is 3.88. The smallest absolute Gasteiger partial charge is 0.306 e. The molecule has 1 aromatic heterocycles. The van der Waals surface area contributed by atoms with Crippen LogP contribution in [0.2, 0.25) is 0 Å². The van der Waals surface area contributed by atoms with Crippen LogP contribution in [0.4, 0.5) is 5.69 Å². The highest BCUT2D eigenvalue weighted by Gasteiger charge is 2.08. The zero-order chi connectivity index (χ0) is 20.2. The van der Waals surface area contributed by atoms with Crippen molar-refractivity contribution in [3.05, 3.63) is 58.4 Å². The summed E-state index contributed by atoms with van der Waals surface area (Å²) in [7, 11) is 0. The molecular formula is C19H28N6O3.